The molecule has 30 heteroatoms. The molecule has 4 heterocycles. The number of hydrogen-bond acceptors (Lipinski definition) is 21. The van der Waals surface area contributed by atoms with E-state index in [9.17, 15) is 62.1 Å². The quantitative estimate of drug-likeness (QED) is 0.0158. The number of rotatable bonds is 36. The summed E-state index contributed by atoms with van der Waals surface area (Å²) < 4.78 is 44.0. The molecule has 3 fully saturated rings. The van der Waals surface area contributed by atoms with Crippen molar-refractivity contribution in [2.75, 3.05) is 156 Å². The van der Waals surface area contributed by atoms with Gasteiger partial charge in [-0.05, 0) is 95.2 Å². The number of aliphatic imine (C=N–C) groups is 1. The Hall–Kier alpha value is -7.92. The normalized spacial score (nSPS) is 17.8. The van der Waals surface area contributed by atoms with Gasteiger partial charge in [0.2, 0.25) is 23.6 Å². The number of ether oxygens (including phenoxy) is 3. The molecule has 3 saturated heterocycles. The van der Waals surface area contributed by atoms with E-state index in [-0.39, 0.29) is 75.7 Å². The Morgan fingerprint density at radius 3 is 2.12 bits per heavy atom. The van der Waals surface area contributed by atoms with Crippen molar-refractivity contribution >= 4 is 82.9 Å². The molecule has 3 aliphatic heterocycles. The van der Waals surface area contributed by atoms with Gasteiger partial charge in [-0.15, -0.1) is 6.42 Å². The zero-order chi connectivity index (χ0) is 69.2. The number of halogens is 2. The summed E-state index contributed by atoms with van der Waals surface area (Å²) >= 11 is 1.30. The van der Waals surface area contributed by atoms with Crippen molar-refractivity contribution in [1.82, 2.24) is 60.6 Å². The Kier molecular flexibility index (Phi) is 33.1. The third-order valence-electron chi connectivity index (χ3n) is 16.6. The van der Waals surface area contributed by atoms with E-state index in [0.717, 1.165) is 29.8 Å². The van der Waals surface area contributed by atoms with Crippen molar-refractivity contribution in [3.63, 3.8) is 0 Å². The number of carbonyl (C=O) groups is 9. The molecular weight excluding hydrogens is 1270 g/mol. The Labute approximate surface area is 563 Å². The van der Waals surface area contributed by atoms with Crippen LogP contribution in [0.1, 0.15) is 79.8 Å². The number of carbonyl (C=O) groups excluding carboxylic acids is 8. The highest BCUT2D eigenvalue weighted by molar-refractivity contribution is 7.99. The fraction of sp³-hybridized carbons (Fsp3) is 0.591. The summed E-state index contributed by atoms with van der Waals surface area (Å²) in [6.45, 7) is 9.06. The lowest BCUT2D eigenvalue weighted by molar-refractivity contribution is -0.141. The van der Waals surface area contributed by atoms with Crippen LogP contribution in [0.2, 0.25) is 0 Å². The standard InChI is InChI=1S/C66H93F2N13O14S/c1-4-52-39-66(67,68)44-81(52)61(87)40-72-63(90)54-19-21-70-56-18-17-53(38-55(54)56)95-36-8-7-23-75-32-34-80(35-33-75)65(92)58(84)43-96-37-22-71-64(91)57(11-5-6-20-69-50(3)73-59(85)12-9-10-51-15-13-49(2)14-16-51)74-60(86)41-76-24-25-77(42-62(88)89)27-29-79(46-94-48-83)31-30-78(28-26-76)45-93-47-82/h1,13-19,21,38,47-48,52,57-58,84H,5-12,20,22-37,39-46H2,2-3H3,(H,71,91)(H,72,90)(H,74,86)(H,88,89)(H,69,73,85)/t52-,57?,58?/m0/s1. The molecular formula is C66H93F2N13O14S. The lowest BCUT2D eigenvalue weighted by Gasteiger charge is -2.35. The van der Waals surface area contributed by atoms with Crippen molar-refractivity contribution in [3.8, 4) is 18.1 Å². The number of nitrogens with one attached hydrogen (secondary N) is 4. The largest absolute Gasteiger partial charge is 0.494 e. The number of aliphatic hydroxyl groups excluding tert-OH is 1. The first-order valence-electron chi connectivity index (χ1n) is 32.6. The molecule has 3 aliphatic rings. The number of benzene rings is 2. The van der Waals surface area contributed by atoms with Gasteiger partial charge in [0.25, 0.3) is 30.7 Å². The lowest BCUT2D eigenvalue weighted by atomic mass is 10.1. The second-order valence-corrected chi connectivity index (χ2v) is 25.2. The maximum atomic E-state index is 14.0. The number of aliphatic hydroxyl groups is 1. The number of carboxylic acids is 1. The highest BCUT2D eigenvalue weighted by Crippen LogP contribution is 2.32. The van der Waals surface area contributed by atoms with Crippen molar-refractivity contribution in [3.05, 3.63) is 71.4 Å². The third-order valence-corrected chi connectivity index (χ3v) is 17.6. The molecule has 3 aromatic rings. The molecule has 3 atom stereocenters. The van der Waals surface area contributed by atoms with Crippen LogP contribution in [0.25, 0.3) is 10.9 Å². The summed E-state index contributed by atoms with van der Waals surface area (Å²) in [7, 11) is 0. The van der Waals surface area contributed by atoms with E-state index in [1.807, 2.05) is 33.8 Å². The van der Waals surface area contributed by atoms with Gasteiger partial charge in [0, 0.05) is 128 Å². The van der Waals surface area contributed by atoms with Gasteiger partial charge >= 0.3 is 5.97 Å². The highest BCUT2D eigenvalue weighted by atomic mass is 32.2. The number of amides is 6. The average Bonchev–Trinajstić information content (AvgIpc) is 1.65. The van der Waals surface area contributed by atoms with Gasteiger partial charge in [-0.1, -0.05) is 35.7 Å². The molecule has 27 nitrogen and oxygen atoms in total. The second kappa shape index (κ2) is 41.2. The summed E-state index contributed by atoms with van der Waals surface area (Å²) in [6.07, 6.45) is 9.52. The summed E-state index contributed by atoms with van der Waals surface area (Å²) in [4.78, 5) is 135. The predicted molar refractivity (Wildman–Crippen MR) is 356 cm³/mol. The molecule has 2 unspecified atom stereocenters. The molecule has 6 rings (SSSR count). The lowest BCUT2D eigenvalue weighted by Crippen LogP contribution is -2.52. The number of likely N-dealkylation sites (tertiary alicyclic amines) is 1. The Morgan fingerprint density at radius 2 is 1.47 bits per heavy atom. The van der Waals surface area contributed by atoms with Crippen molar-refractivity contribution < 1.29 is 76.4 Å². The van der Waals surface area contributed by atoms with Crippen LogP contribution < -0.4 is 26.0 Å². The maximum Gasteiger partial charge on any atom is 0.317 e. The van der Waals surface area contributed by atoms with Gasteiger partial charge in [0.1, 0.15) is 31.4 Å². The molecule has 0 radical (unpaired) electrons. The number of nitrogens with zero attached hydrogens (tertiary/aromatic N) is 9. The predicted octanol–water partition coefficient (Wildman–Crippen LogP) is 1.44. The summed E-state index contributed by atoms with van der Waals surface area (Å²) in [5, 5.41) is 32.4. The van der Waals surface area contributed by atoms with Crippen molar-refractivity contribution in [1.29, 1.82) is 0 Å². The smallest absolute Gasteiger partial charge is 0.317 e. The minimum absolute atomic E-state index is 0.0165. The van der Waals surface area contributed by atoms with Crippen LogP contribution in [-0.4, -0.2) is 290 Å². The van der Waals surface area contributed by atoms with Crippen LogP contribution in [-0.2, 0) is 54.3 Å². The van der Waals surface area contributed by atoms with Gasteiger partial charge in [0.15, 0.2) is 0 Å². The van der Waals surface area contributed by atoms with E-state index in [0.29, 0.717) is 152 Å². The SMILES string of the molecule is C#C[C@H]1CC(F)(F)CN1C(=O)CNC(=O)c1ccnc2ccc(OCCCCN3CCN(C(=O)C(O)CSCCNC(=O)C(CCCCN=C(C)NC(=O)CCCc4ccc(C)cc4)NC(=O)CN4CCN(COC=O)CCN(COC=O)CCN(CC(=O)O)CC4)CC3)cc12. The number of carboxylic acid groups (broad SMARTS) is 1. The van der Waals surface area contributed by atoms with Crippen LogP contribution in [0.4, 0.5) is 8.78 Å². The number of pyridine rings is 1. The molecule has 2 aromatic carbocycles. The van der Waals surface area contributed by atoms with E-state index in [2.05, 4.69) is 54.2 Å². The second-order valence-electron chi connectivity index (χ2n) is 24.0. The summed E-state index contributed by atoms with van der Waals surface area (Å²) in [6, 6.07) is 12.8. The van der Waals surface area contributed by atoms with Crippen molar-refractivity contribution in [2.24, 2.45) is 4.99 Å². The number of thioether (sulfide) groups is 1. The first kappa shape index (κ1) is 77.1. The van der Waals surface area contributed by atoms with Crippen LogP contribution in [0, 0.1) is 19.3 Å². The van der Waals surface area contributed by atoms with Crippen molar-refractivity contribution in [2.45, 2.75) is 95.7 Å². The minimum atomic E-state index is -3.10. The third kappa shape index (κ3) is 27.7. The Bertz CT molecular complexity index is 3100. The highest BCUT2D eigenvalue weighted by Gasteiger charge is 2.46. The zero-order valence-electron chi connectivity index (χ0n) is 55.0. The number of alkyl halides is 2. The maximum absolute atomic E-state index is 14.0. The van der Waals surface area contributed by atoms with E-state index >= 15 is 0 Å². The number of piperazine rings is 1. The first-order valence-corrected chi connectivity index (χ1v) is 33.7. The number of aromatic nitrogens is 1. The van der Waals surface area contributed by atoms with E-state index in [4.69, 9.17) is 20.6 Å². The molecule has 0 bridgehead atoms. The zero-order valence-corrected chi connectivity index (χ0v) is 55.8. The van der Waals surface area contributed by atoms with Crippen LogP contribution in [0.5, 0.6) is 5.75 Å². The number of hydrogen-bond donors (Lipinski definition) is 6. The monoisotopic (exact) mass is 1360 g/mol. The minimum Gasteiger partial charge on any atom is -0.494 e. The molecule has 0 saturated carbocycles. The topological polar surface area (TPSA) is 318 Å². The molecule has 96 heavy (non-hydrogen) atoms. The number of unbranched alkanes of at least 4 members (excludes halogenated alkanes) is 2. The van der Waals surface area contributed by atoms with Gasteiger partial charge in [-0.3, -0.25) is 77.6 Å². The molecule has 0 aliphatic carbocycles. The molecule has 1 aromatic heterocycles. The molecule has 6 N–H and O–H groups in total. The van der Waals surface area contributed by atoms with E-state index < -0.39 is 73.2 Å². The summed E-state index contributed by atoms with van der Waals surface area (Å²) in [5.74, 6) is -3.18. The van der Waals surface area contributed by atoms with Crippen LogP contribution in [0.15, 0.2) is 59.7 Å². The fourth-order valence-electron chi connectivity index (χ4n) is 11.2. The van der Waals surface area contributed by atoms with Crippen LogP contribution in [0.3, 0.4) is 0 Å². The number of amidine groups is 1. The number of aryl methyl sites for hydroxylation is 2. The molecule has 6 amide bonds. The fourth-order valence-corrected chi connectivity index (χ4v) is 12.0. The van der Waals surface area contributed by atoms with Gasteiger partial charge in [-0.2, -0.15) is 11.8 Å². The summed E-state index contributed by atoms with van der Waals surface area (Å²) in [5.41, 5.74) is 3.08. The first-order chi connectivity index (χ1) is 46.2. The molecule has 526 valence electrons. The van der Waals surface area contributed by atoms with E-state index in [1.165, 1.54) is 29.6 Å². The van der Waals surface area contributed by atoms with Crippen LogP contribution >= 0.6 is 11.8 Å². The van der Waals surface area contributed by atoms with Gasteiger partial charge in [-0.25, -0.2) is 8.78 Å². The molecule has 0 spiro atoms. The Morgan fingerprint density at radius 1 is 0.812 bits per heavy atom. The number of fused-ring (bicyclic) bond motifs is 1. The number of aliphatic carboxylic acids is 1. The number of terminal acetylenes is 1. The van der Waals surface area contributed by atoms with Gasteiger partial charge in [0.05, 0.1) is 55.7 Å². The Balaban J connectivity index is 0.931. The average molecular weight is 1360 g/mol. The van der Waals surface area contributed by atoms with E-state index in [1.54, 1.807) is 34.9 Å². The van der Waals surface area contributed by atoms with Gasteiger partial charge < -0.3 is 55.5 Å².